The van der Waals surface area contributed by atoms with Crippen LogP contribution in [0.4, 0.5) is 5.69 Å². The molecule has 0 aliphatic rings. The van der Waals surface area contributed by atoms with Gasteiger partial charge in [-0.05, 0) is 42.3 Å². The fourth-order valence-corrected chi connectivity index (χ4v) is 2.71. The topological polar surface area (TPSA) is 35.8 Å². The Morgan fingerprint density at radius 2 is 1.95 bits per heavy atom. The monoisotopic (exact) mass is 362 g/mol. The third-order valence-electron chi connectivity index (χ3n) is 3.28. The Kier molecular flexibility index (Phi) is 5.67. The molecule has 2 rings (SSSR count). The third-order valence-corrected chi connectivity index (χ3v) is 4.03. The van der Waals surface area contributed by atoms with E-state index in [4.69, 9.17) is 11.6 Å². The Balaban J connectivity index is 2.30. The number of benzene rings is 2. The van der Waals surface area contributed by atoms with Gasteiger partial charge in [-0.3, -0.25) is 0 Å². The van der Waals surface area contributed by atoms with Crippen molar-refractivity contribution >= 4 is 33.2 Å². The van der Waals surface area contributed by atoms with Gasteiger partial charge in [0.1, 0.15) is 6.07 Å². The van der Waals surface area contributed by atoms with Crippen LogP contribution in [0.3, 0.4) is 0 Å². The molecule has 0 amide bonds. The van der Waals surface area contributed by atoms with E-state index in [2.05, 4.69) is 34.2 Å². The molecule has 2 aromatic carbocycles. The molecule has 4 heteroatoms. The lowest BCUT2D eigenvalue weighted by atomic mass is 10.0. The molecule has 0 bridgehead atoms. The van der Waals surface area contributed by atoms with E-state index >= 15 is 0 Å². The summed E-state index contributed by atoms with van der Waals surface area (Å²) >= 11 is 9.41. The lowest BCUT2D eigenvalue weighted by Crippen LogP contribution is -2.11. The number of halogens is 2. The zero-order valence-corrected chi connectivity index (χ0v) is 14.1. The molecule has 0 radical (unpaired) electrons. The normalized spacial score (nSPS) is 11.7. The van der Waals surface area contributed by atoms with Crippen LogP contribution in [0.15, 0.2) is 46.9 Å². The van der Waals surface area contributed by atoms with Crippen LogP contribution in [0.2, 0.25) is 5.02 Å². The lowest BCUT2D eigenvalue weighted by molar-refractivity contribution is 0.677. The predicted molar refractivity (Wildman–Crippen MR) is 91.6 cm³/mol. The van der Waals surface area contributed by atoms with Crippen molar-refractivity contribution in [3.05, 3.63) is 63.1 Å². The molecule has 1 unspecified atom stereocenters. The standard InChI is InChI=1S/C17H16BrClN2/c1-2-3-16(12-5-8-15(19)9-6-12)21-17-10-14(18)7-4-13(17)11-20/h4-10,16,21H,2-3H2,1H3. The summed E-state index contributed by atoms with van der Waals surface area (Å²) in [7, 11) is 0. The van der Waals surface area contributed by atoms with Gasteiger partial charge in [-0.1, -0.05) is 53.0 Å². The van der Waals surface area contributed by atoms with Gasteiger partial charge in [0.2, 0.25) is 0 Å². The quantitative estimate of drug-likeness (QED) is 0.715. The van der Waals surface area contributed by atoms with Gasteiger partial charge in [-0.15, -0.1) is 0 Å². The summed E-state index contributed by atoms with van der Waals surface area (Å²) in [5, 5.41) is 13.4. The highest BCUT2D eigenvalue weighted by atomic mass is 79.9. The van der Waals surface area contributed by atoms with Crippen LogP contribution >= 0.6 is 27.5 Å². The second-order valence-electron chi connectivity index (χ2n) is 4.84. The first kappa shape index (κ1) is 15.9. The van der Waals surface area contributed by atoms with Crippen LogP contribution < -0.4 is 5.32 Å². The fraction of sp³-hybridized carbons (Fsp3) is 0.235. The average molecular weight is 364 g/mol. The van der Waals surface area contributed by atoms with E-state index in [1.165, 1.54) is 5.56 Å². The lowest BCUT2D eigenvalue weighted by Gasteiger charge is -2.21. The molecule has 0 heterocycles. The largest absolute Gasteiger partial charge is 0.377 e. The van der Waals surface area contributed by atoms with Crippen LogP contribution in [0.5, 0.6) is 0 Å². The third kappa shape index (κ3) is 4.23. The highest BCUT2D eigenvalue weighted by Crippen LogP contribution is 2.28. The van der Waals surface area contributed by atoms with E-state index < -0.39 is 0 Å². The molecule has 0 aliphatic heterocycles. The van der Waals surface area contributed by atoms with Crippen molar-refractivity contribution in [2.24, 2.45) is 0 Å². The van der Waals surface area contributed by atoms with Crippen molar-refractivity contribution in [1.82, 2.24) is 0 Å². The van der Waals surface area contributed by atoms with Crippen LogP contribution in [-0.2, 0) is 0 Å². The number of nitrogens with one attached hydrogen (secondary N) is 1. The van der Waals surface area contributed by atoms with Gasteiger partial charge in [0.15, 0.2) is 0 Å². The molecule has 2 aromatic rings. The second-order valence-corrected chi connectivity index (χ2v) is 6.19. The van der Waals surface area contributed by atoms with Gasteiger partial charge in [-0.25, -0.2) is 0 Å². The number of rotatable bonds is 5. The summed E-state index contributed by atoms with van der Waals surface area (Å²) in [6, 6.07) is 15.9. The maximum absolute atomic E-state index is 9.24. The van der Waals surface area contributed by atoms with Crippen molar-refractivity contribution in [1.29, 1.82) is 5.26 Å². The minimum atomic E-state index is 0.161. The van der Waals surface area contributed by atoms with Crippen LogP contribution in [0, 0.1) is 11.3 Å². The van der Waals surface area contributed by atoms with E-state index in [1.807, 2.05) is 42.5 Å². The molecular formula is C17H16BrClN2. The molecule has 0 spiro atoms. The summed E-state index contributed by atoms with van der Waals surface area (Å²) in [4.78, 5) is 0. The molecule has 1 N–H and O–H groups in total. The number of anilines is 1. The molecule has 108 valence electrons. The van der Waals surface area contributed by atoms with Gasteiger partial charge in [-0.2, -0.15) is 5.26 Å². The van der Waals surface area contributed by atoms with Gasteiger partial charge >= 0.3 is 0 Å². The number of nitriles is 1. The van der Waals surface area contributed by atoms with Crippen molar-refractivity contribution in [3.63, 3.8) is 0 Å². The Hall–Kier alpha value is -1.50. The highest BCUT2D eigenvalue weighted by Gasteiger charge is 2.13. The summed E-state index contributed by atoms with van der Waals surface area (Å²) in [6.07, 6.45) is 2.04. The second kappa shape index (κ2) is 7.49. The minimum Gasteiger partial charge on any atom is -0.377 e. The Morgan fingerprint density at radius 1 is 1.24 bits per heavy atom. The van der Waals surface area contributed by atoms with Gasteiger partial charge in [0.05, 0.1) is 17.3 Å². The first-order valence-electron chi connectivity index (χ1n) is 6.85. The maximum atomic E-state index is 9.24. The van der Waals surface area contributed by atoms with Crippen molar-refractivity contribution in [3.8, 4) is 6.07 Å². The van der Waals surface area contributed by atoms with Crippen molar-refractivity contribution in [2.45, 2.75) is 25.8 Å². The number of hydrogen-bond donors (Lipinski definition) is 1. The van der Waals surface area contributed by atoms with E-state index in [1.54, 1.807) is 0 Å². The summed E-state index contributed by atoms with van der Waals surface area (Å²) in [5.74, 6) is 0. The first-order chi connectivity index (χ1) is 10.1. The fourth-order valence-electron chi connectivity index (χ4n) is 2.23. The van der Waals surface area contributed by atoms with Crippen molar-refractivity contribution in [2.75, 3.05) is 5.32 Å². The Morgan fingerprint density at radius 3 is 2.57 bits per heavy atom. The molecule has 1 atom stereocenters. The SMILES string of the molecule is CCCC(Nc1cc(Br)ccc1C#N)c1ccc(Cl)cc1. The van der Waals surface area contributed by atoms with Crippen LogP contribution in [0.25, 0.3) is 0 Å². The molecule has 2 nitrogen and oxygen atoms in total. The molecule has 0 fully saturated rings. The zero-order valence-electron chi connectivity index (χ0n) is 11.7. The Labute approximate surface area is 138 Å². The molecule has 0 aromatic heterocycles. The van der Waals surface area contributed by atoms with Gasteiger partial charge < -0.3 is 5.32 Å². The minimum absolute atomic E-state index is 0.161. The molecule has 21 heavy (non-hydrogen) atoms. The maximum Gasteiger partial charge on any atom is 0.101 e. The number of nitrogens with zero attached hydrogens (tertiary/aromatic N) is 1. The molecule has 0 saturated heterocycles. The van der Waals surface area contributed by atoms with Gasteiger partial charge in [0.25, 0.3) is 0 Å². The molecule has 0 aliphatic carbocycles. The van der Waals surface area contributed by atoms with Crippen LogP contribution in [0.1, 0.15) is 36.9 Å². The van der Waals surface area contributed by atoms with E-state index in [0.717, 1.165) is 28.0 Å². The van der Waals surface area contributed by atoms with Crippen LogP contribution in [-0.4, -0.2) is 0 Å². The molecular weight excluding hydrogens is 348 g/mol. The predicted octanol–water partition coefficient (Wildman–Crippen LogP) is 5.93. The van der Waals surface area contributed by atoms with Crippen molar-refractivity contribution < 1.29 is 0 Å². The van der Waals surface area contributed by atoms with E-state index in [-0.39, 0.29) is 6.04 Å². The van der Waals surface area contributed by atoms with E-state index in [0.29, 0.717) is 5.56 Å². The summed E-state index contributed by atoms with van der Waals surface area (Å²) in [5.41, 5.74) is 2.67. The highest BCUT2D eigenvalue weighted by molar-refractivity contribution is 9.10. The smallest absolute Gasteiger partial charge is 0.101 e. The summed E-state index contributed by atoms with van der Waals surface area (Å²) in [6.45, 7) is 2.15. The van der Waals surface area contributed by atoms with Gasteiger partial charge in [0, 0.05) is 9.50 Å². The Bertz CT molecular complexity index is 647. The zero-order chi connectivity index (χ0) is 15.2. The molecule has 0 saturated carbocycles. The first-order valence-corrected chi connectivity index (χ1v) is 8.02. The summed E-state index contributed by atoms with van der Waals surface area (Å²) < 4.78 is 0.954. The average Bonchev–Trinajstić information content (AvgIpc) is 2.48. The number of hydrogen-bond acceptors (Lipinski definition) is 2. The van der Waals surface area contributed by atoms with E-state index in [9.17, 15) is 5.26 Å².